The monoisotopic (exact) mass is 426 g/mol. The van der Waals surface area contributed by atoms with E-state index in [-0.39, 0.29) is 24.1 Å². The lowest BCUT2D eigenvalue weighted by Gasteiger charge is -2.28. The van der Waals surface area contributed by atoms with Crippen LogP contribution in [0.1, 0.15) is 42.3 Å². The van der Waals surface area contributed by atoms with Gasteiger partial charge >= 0.3 is 0 Å². The molecule has 0 saturated carbocycles. The summed E-state index contributed by atoms with van der Waals surface area (Å²) in [5.41, 5.74) is 1.48. The molecular weight excluding hydrogens is 404 g/mol. The summed E-state index contributed by atoms with van der Waals surface area (Å²) in [6.45, 7) is 0.893. The Kier molecular flexibility index (Phi) is 6.84. The molecule has 156 valence electrons. The minimum atomic E-state index is -0.662. The van der Waals surface area contributed by atoms with Crippen LogP contribution in [0.3, 0.4) is 0 Å². The third-order valence-electron chi connectivity index (χ3n) is 4.92. The van der Waals surface area contributed by atoms with Gasteiger partial charge in [-0.2, -0.15) is 0 Å². The molecule has 1 fully saturated rings. The molecule has 2 atom stereocenters. The van der Waals surface area contributed by atoms with Crippen molar-refractivity contribution in [3.8, 4) is 5.75 Å². The van der Waals surface area contributed by atoms with Crippen molar-refractivity contribution in [1.29, 1.82) is 0 Å². The number of ether oxygens (including phenoxy) is 3. The molecule has 0 spiro atoms. The molecule has 0 aliphatic carbocycles. The quantitative estimate of drug-likeness (QED) is 0.499. The second-order valence-corrected chi connectivity index (χ2v) is 7.55. The summed E-state index contributed by atoms with van der Waals surface area (Å²) in [6.07, 6.45) is 3.13. The van der Waals surface area contributed by atoms with Crippen molar-refractivity contribution in [1.82, 2.24) is 0 Å². The molecule has 1 aliphatic rings. The maximum atomic E-state index is 12.7. The summed E-state index contributed by atoms with van der Waals surface area (Å²) >= 11 is 6.06. The fraction of sp³-hybridized carbons (Fsp3) is 0.292. The minimum Gasteiger partial charge on any atom is -0.482 e. The molecule has 1 saturated heterocycles. The Balaban J connectivity index is 1.67. The van der Waals surface area contributed by atoms with Crippen molar-refractivity contribution in [3.05, 3.63) is 99.1 Å². The predicted octanol–water partition coefficient (Wildman–Crippen LogP) is 5.50. The van der Waals surface area contributed by atoms with Crippen LogP contribution in [0.2, 0.25) is 5.02 Å². The third kappa shape index (κ3) is 5.11. The molecule has 0 N–H and O–H groups in total. The van der Waals surface area contributed by atoms with Gasteiger partial charge in [-0.15, -0.1) is 0 Å². The van der Waals surface area contributed by atoms with E-state index in [0.29, 0.717) is 17.4 Å². The van der Waals surface area contributed by atoms with E-state index in [1.807, 2.05) is 42.5 Å². The smallest absolute Gasteiger partial charge is 0.227 e. The Morgan fingerprint density at radius 1 is 1.03 bits per heavy atom. The van der Waals surface area contributed by atoms with E-state index in [2.05, 4.69) is 0 Å². The molecule has 30 heavy (non-hydrogen) atoms. The standard InChI is InChI=1S/C24H23ClO5/c25-19-11-9-18(10-12-19)22(30-21-8-4-5-14-27-21)24-23(20(26)13-15-28-24)29-16-17-6-2-1-3-7-17/h1-3,6-7,9-13,15,21-22H,4-5,8,14,16H2. The van der Waals surface area contributed by atoms with Gasteiger partial charge in [-0.3, -0.25) is 4.79 Å². The zero-order chi connectivity index (χ0) is 20.8. The second kappa shape index (κ2) is 9.94. The van der Waals surface area contributed by atoms with Crippen LogP contribution >= 0.6 is 11.6 Å². The van der Waals surface area contributed by atoms with Gasteiger partial charge in [0.1, 0.15) is 12.7 Å². The number of rotatable bonds is 7. The van der Waals surface area contributed by atoms with Crippen LogP contribution in [0.4, 0.5) is 0 Å². The molecule has 1 aliphatic heterocycles. The van der Waals surface area contributed by atoms with Gasteiger partial charge < -0.3 is 18.6 Å². The van der Waals surface area contributed by atoms with E-state index in [1.54, 1.807) is 12.1 Å². The Labute approximate surface area is 180 Å². The maximum absolute atomic E-state index is 12.7. The first kappa shape index (κ1) is 20.7. The normalized spacial score (nSPS) is 17.4. The average Bonchev–Trinajstić information content (AvgIpc) is 2.79. The van der Waals surface area contributed by atoms with Crippen molar-refractivity contribution < 1.29 is 18.6 Å². The van der Waals surface area contributed by atoms with Gasteiger partial charge in [0.15, 0.2) is 12.1 Å². The number of benzene rings is 2. The fourth-order valence-corrected chi connectivity index (χ4v) is 3.50. The SMILES string of the molecule is O=c1ccoc(C(OC2CCCCO2)c2ccc(Cl)cc2)c1OCc1ccccc1. The molecule has 0 bridgehead atoms. The summed E-state index contributed by atoms with van der Waals surface area (Å²) in [5.74, 6) is 0.451. The minimum absolute atomic E-state index is 0.136. The average molecular weight is 427 g/mol. The largest absolute Gasteiger partial charge is 0.482 e. The molecule has 3 aromatic rings. The zero-order valence-corrected chi connectivity index (χ0v) is 17.2. The van der Waals surface area contributed by atoms with Gasteiger partial charge in [0.25, 0.3) is 0 Å². The summed E-state index contributed by atoms with van der Waals surface area (Å²) in [5, 5.41) is 0.612. The van der Waals surface area contributed by atoms with Crippen molar-refractivity contribution >= 4 is 11.6 Å². The van der Waals surface area contributed by atoms with Crippen molar-refractivity contribution in [2.45, 2.75) is 38.3 Å². The van der Waals surface area contributed by atoms with Crippen LogP contribution in [0.25, 0.3) is 0 Å². The van der Waals surface area contributed by atoms with E-state index in [0.717, 1.165) is 30.4 Å². The molecule has 2 aromatic carbocycles. The first-order chi connectivity index (χ1) is 14.7. The van der Waals surface area contributed by atoms with Crippen LogP contribution in [-0.2, 0) is 16.1 Å². The van der Waals surface area contributed by atoms with E-state index in [1.165, 1.54) is 12.3 Å². The van der Waals surface area contributed by atoms with Gasteiger partial charge in [0, 0.05) is 17.7 Å². The highest BCUT2D eigenvalue weighted by Gasteiger charge is 2.28. The maximum Gasteiger partial charge on any atom is 0.227 e. The van der Waals surface area contributed by atoms with E-state index in [4.69, 9.17) is 30.2 Å². The first-order valence-corrected chi connectivity index (χ1v) is 10.4. The molecule has 4 rings (SSSR count). The molecule has 5 nitrogen and oxygen atoms in total. The highest BCUT2D eigenvalue weighted by Crippen LogP contribution is 2.34. The highest BCUT2D eigenvalue weighted by molar-refractivity contribution is 6.30. The number of hydrogen-bond donors (Lipinski definition) is 0. The Hall–Kier alpha value is -2.60. The molecular formula is C24H23ClO5. The van der Waals surface area contributed by atoms with Crippen molar-refractivity contribution in [2.24, 2.45) is 0 Å². The Bertz CT molecular complexity index is 994. The summed E-state index contributed by atoms with van der Waals surface area (Å²) in [6, 6.07) is 18.3. The molecule has 6 heteroatoms. The van der Waals surface area contributed by atoms with Crippen molar-refractivity contribution in [3.63, 3.8) is 0 Å². The van der Waals surface area contributed by atoms with Gasteiger partial charge in [-0.05, 0) is 42.5 Å². The van der Waals surface area contributed by atoms with Crippen LogP contribution in [0, 0.1) is 0 Å². The van der Waals surface area contributed by atoms with E-state index < -0.39 is 6.10 Å². The molecule has 0 radical (unpaired) electrons. The molecule has 2 unspecified atom stereocenters. The second-order valence-electron chi connectivity index (χ2n) is 7.12. The van der Waals surface area contributed by atoms with Gasteiger partial charge in [-0.25, -0.2) is 0 Å². The van der Waals surface area contributed by atoms with E-state index >= 15 is 0 Å². The predicted molar refractivity (Wildman–Crippen MR) is 114 cm³/mol. The van der Waals surface area contributed by atoms with Crippen LogP contribution in [-0.4, -0.2) is 12.9 Å². The van der Waals surface area contributed by atoms with Gasteiger partial charge in [0.05, 0.1) is 6.26 Å². The fourth-order valence-electron chi connectivity index (χ4n) is 3.37. The van der Waals surface area contributed by atoms with Crippen LogP contribution in [0.15, 0.2) is 76.1 Å². The molecule has 2 heterocycles. The Morgan fingerprint density at radius 2 is 1.83 bits per heavy atom. The summed E-state index contributed by atoms with van der Waals surface area (Å²) < 4.78 is 23.7. The van der Waals surface area contributed by atoms with Gasteiger partial charge in [-0.1, -0.05) is 54.1 Å². The van der Waals surface area contributed by atoms with Crippen LogP contribution < -0.4 is 10.2 Å². The Morgan fingerprint density at radius 3 is 2.57 bits per heavy atom. The summed E-state index contributed by atoms with van der Waals surface area (Å²) in [7, 11) is 0. The van der Waals surface area contributed by atoms with Gasteiger partial charge in [0.2, 0.25) is 11.2 Å². The first-order valence-electron chi connectivity index (χ1n) is 10.0. The zero-order valence-electron chi connectivity index (χ0n) is 16.5. The lowest BCUT2D eigenvalue weighted by Crippen LogP contribution is -2.26. The van der Waals surface area contributed by atoms with E-state index in [9.17, 15) is 4.79 Å². The lowest BCUT2D eigenvalue weighted by molar-refractivity contribution is -0.184. The summed E-state index contributed by atoms with van der Waals surface area (Å²) in [4.78, 5) is 12.7. The number of halogens is 1. The topological polar surface area (TPSA) is 57.9 Å². The molecule has 0 amide bonds. The third-order valence-corrected chi connectivity index (χ3v) is 5.18. The van der Waals surface area contributed by atoms with Crippen LogP contribution in [0.5, 0.6) is 5.75 Å². The molecule has 1 aromatic heterocycles. The van der Waals surface area contributed by atoms with Crippen molar-refractivity contribution in [2.75, 3.05) is 6.61 Å². The highest BCUT2D eigenvalue weighted by atomic mass is 35.5. The lowest BCUT2D eigenvalue weighted by atomic mass is 10.1. The number of hydrogen-bond acceptors (Lipinski definition) is 5.